The number of rotatable bonds is 2. The number of benzene rings is 2. The van der Waals surface area contributed by atoms with E-state index in [9.17, 15) is 4.79 Å². The van der Waals surface area contributed by atoms with Crippen molar-refractivity contribution < 1.29 is 4.79 Å². The number of thioether (sulfide) groups is 1. The predicted octanol–water partition coefficient (Wildman–Crippen LogP) is 3.13. The van der Waals surface area contributed by atoms with Crippen molar-refractivity contribution in [1.82, 2.24) is 10.4 Å². The summed E-state index contributed by atoms with van der Waals surface area (Å²) >= 11 is 1.73. The van der Waals surface area contributed by atoms with Crippen molar-refractivity contribution in [2.75, 3.05) is 0 Å². The van der Waals surface area contributed by atoms with Gasteiger partial charge in [0.1, 0.15) is 5.84 Å². The van der Waals surface area contributed by atoms with Crippen LogP contribution in [0.25, 0.3) is 0 Å². The second-order valence-corrected chi connectivity index (χ2v) is 6.60. The molecule has 1 saturated heterocycles. The Labute approximate surface area is 133 Å². The third-order valence-corrected chi connectivity index (χ3v) is 5.01. The molecule has 0 unspecified atom stereocenters. The largest absolute Gasteiger partial charge is 0.273 e. The van der Waals surface area contributed by atoms with Crippen LogP contribution in [0.1, 0.15) is 12.0 Å². The van der Waals surface area contributed by atoms with Crippen LogP contribution >= 0.6 is 11.8 Å². The Balaban J connectivity index is 1.69. The van der Waals surface area contributed by atoms with Crippen molar-refractivity contribution >= 4 is 29.2 Å². The first kappa shape index (κ1) is 13.4. The Hall–Kier alpha value is -2.27. The lowest BCUT2D eigenvalue weighted by Gasteiger charge is -2.37. The van der Waals surface area contributed by atoms with E-state index in [1.165, 1.54) is 0 Å². The van der Waals surface area contributed by atoms with Gasteiger partial charge in [0, 0.05) is 11.3 Å². The smallest absolute Gasteiger partial charge is 0.240 e. The summed E-state index contributed by atoms with van der Waals surface area (Å²) < 4.78 is 0. The van der Waals surface area contributed by atoms with E-state index in [-0.39, 0.29) is 11.2 Å². The first-order valence-electron chi connectivity index (χ1n) is 7.25. The maximum atomic E-state index is 12.0. The van der Waals surface area contributed by atoms with Gasteiger partial charge in [0.2, 0.25) is 5.91 Å². The average molecular weight is 309 g/mol. The van der Waals surface area contributed by atoms with Crippen LogP contribution in [0.3, 0.4) is 0 Å². The zero-order valence-corrected chi connectivity index (χ0v) is 12.7. The second kappa shape index (κ2) is 5.50. The number of para-hydroxylation sites is 1. The van der Waals surface area contributed by atoms with E-state index in [0.29, 0.717) is 13.0 Å². The minimum absolute atomic E-state index is 0.0479. The minimum Gasteiger partial charge on any atom is -0.273 e. The van der Waals surface area contributed by atoms with Gasteiger partial charge in [-0.2, -0.15) is 0 Å². The molecule has 1 atom stereocenters. The number of carbonyl (C=O) groups excluding carboxylic acids is 1. The molecule has 4 nitrogen and oxygen atoms in total. The molecule has 0 spiro atoms. The molecular formula is C17H15N3OS. The summed E-state index contributed by atoms with van der Waals surface area (Å²) in [5.41, 5.74) is 5.07. The molecule has 1 N–H and O–H groups in total. The van der Waals surface area contributed by atoms with Gasteiger partial charge in [-0.05, 0) is 17.7 Å². The second-order valence-electron chi connectivity index (χ2n) is 5.36. The zero-order valence-electron chi connectivity index (χ0n) is 11.9. The summed E-state index contributed by atoms with van der Waals surface area (Å²) in [4.78, 5) is 17.9. The van der Waals surface area contributed by atoms with Crippen LogP contribution in [0.5, 0.6) is 0 Å². The van der Waals surface area contributed by atoms with E-state index < -0.39 is 0 Å². The molecule has 2 aliphatic heterocycles. The topological polar surface area (TPSA) is 44.7 Å². The molecule has 0 aromatic heterocycles. The van der Waals surface area contributed by atoms with Crippen LogP contribution in [-0.4, -0.2) is 22.0 Å². The maximum absolute atomic E-state index is 12.0. The summed E-state index contributed by atoms with van der Waals surface area (Å²) in [5, 5.41) is 1.97. The number of carbonyl (C=O) groups is 1. The third-order valence-electron chi connectivity index (χ3n) is 3.75. The van der Waals surface area contributed by atoms with Gasteiger partial charge in [-0.25, -0.2) is 4.99 Å². The van der Waals surface area contributed by atoms with E-state index in [1.807, 2.05) is 41.4 Å². The van der Waals surface area contributed by atoms with Crippen LogP contribution in [0.2, 0.25) is 0 Å². The van der Waals surface area contributed by atoms with Gasteiger partial charge in [-0.1, -0.05) is 42.5 Å². The van der Waals surface area contributed by atoms with E-state index in [0.717, 1.165) is 22.0 Å². The number of amidine groups is 1. The standard InChI is InChI=1S/C17H15N3OS/c21-16-10-15-17(18-13-8-4-5-9-14(13)22-15)20(19-16)11-12-6-2-1-3-7-12/h1-9,15H,10-11H2,(H,19,21)/t15-/m0/s1. The minimum atomic E-state index is 0.0479. The molecule has 22 heavy (non-hydrogen) atoms. The van der Waals surface area contributed by atoms with Gasteiger partial charge in [0.05, 0.1) is 17.5 Å². The SMILES string of the molecule is O=C1C[C@@H]2Sc3ccccc3N=C2N(Cc2ccccc2)N1. The maximum Gasteiger partial charge on any atom is 0.240 e. The van der Waals surface area contributed by atoms with Crippen molar-refractivity contribution in [3.05, 3.63) is 60.2 Å². The lowest BCUT2D eigenvalue weighted by molar-refractivity contribution is -0.125. The molecule has 0 bridgehead atoms. The van der Waals surface area contributed by atoms with Crippen molar-refractivity contribution in [3.63, 3.8) is 0 Å². The molecule has 0 aliphatic carbocycles. The van der Waals surface area contributed by atoms with Crippen LogP contribution in [0, 0.1) is 0 Å². The number of amides is 1. The highest BCUT2D eigenvalue weighted by Crippen LogP contribution is 2.40. The molecule has 110 valence electrons. The summed E-state index contributed by atoms with van der Waals surface area (Å²) in [6.45, 7) is 0.630. The molecule has 2 heterocycles. The molecule has 5 heteroatoms. The monoisotopic (exact) mass is 309 g/mol. The normalized spacial score (nSPS) is 19.8. The number of nitrogens with one attached hydrogen (secondary N) is 1. The number of nitrogens with zero attached hydrogens (tertiary/aromatic N) is 2. The Kier molecular flexibility index (Phi) is 3.35. The molecule has 1 amide bonds. The number of aliphatic imine (C=N–C) groups is 1. The van der Waals surface area contributed by atoms with E-state index >= 15 is 0 Å². The van der Waals surface area contributed by atoms with Gasteiger partial charge < -0.3 is 0 Å². The number of hydrogen-bond donors (Lipinski definition) is 1. The van der Waals surface area contributed by atoms with Gasteiger partial charge in [0.25, 0.3) is 0 Å². The number of hydrazine groups is 1. The van der Waals surface area contributed by atoms with Crippen LogP contribution in [-0.2, 0) is 11.3 Å². The van der Waals surface area contributed by atoms with Crippen molar-refractivity contribution in [2.24, 2.45) is 4.99 Å². The number of hydrogen-bond acceptors (Lipinski definition) is 4. The van der Waals surface area contributed by atoms with Crippen molar-refractivity contribution in [3.8, 4) is 0 Å². The third kappa shape index (κ3) is 2.48. The Morgan fingerprint density at radius 2 is 1.91 bits per heavy atom. The van der Waals surface area contributed by atoms with Crippen LogP contribution in [0.15, 0.2) is 64.5 Å². The first-order valence-corrected chi connectivity index (χ1v) is 8.13. The summed E-state index contributed by atoms with van der Waals surface area (Å²) in [6, 6.07) is 18.2. The quantitative estimate of drug-likeness (QED) is 0.927. The Morgan fingerprint density at radius 3 is 2.77 bits per heavy atom. The lowest BCUT2D eigenvalue weighted by Crippen LogP contribution is -2.55. The predicted molar refractivity (Wildman–Crippen MR) is 87.9 cm³/mol. The van der Waals surface area contributed by atoms with Crippen LogP contribution < -0.4 is 5.43 Å². The summed E-state index contributed by atoms with van der Waals surface area (Å²) in [7, 11) is 0. The van der Waals surface area contributed by atoms with Gasteiger partial charge in [-0.3, -0.25) is 15.2 Å². The van der Waals surface area contributed by atoms with Crippen molar-refractivity contribution in [1.29, 1.82) is 0 Å². The fourth-order valence-electron chi connectivity index (χ4n) is 2.73. The van der Waals surface area contributed by atoms with E-state index in [4.69, 9.17) is 4.99 Å². The molecule has 2 aliphatic rings. The lowest BCUT2D eigenvalue weighted by atomic mass is 10.1. The Bertz CT molecular complexity index is 745. The van der Waals surface area contributed by atoms with E-state index in [1.54, 1.807) is 11.8 Å². The highest BCUT2D eigenvalue weighted by atomic mass is 32.2. The van der Waals surface area contributed by atoms with Gasteiger partial charge in [-0.15, -0.1) is 11.8 Å². The fourth-order valence-corrected chi connectivity index (χ4v) is 3.94. The molecule has 1 fully saturated rings. The highest BCUT2D eigenvalue weighted by Gasteiger charge is 2.34. The molecule has 0 saturated carbocycles. The molecule has 4 rings (SSSR count). The van der Waals surface area contributed by atoms with Crippen LogP contribution in [0.4, 0.5) is 5.69 Å². The first-order chi connectivity index (χ1) is 10.8. The summed E-state index contributed by atoms with van der Waals surface area (Å²) in [6.07, 6.45) is 0.475. The van der Waals surface area contributed by atoms with Gasteiger partial charge in [0.15, 0.2) is 0 Å². The van der Waals surface area contributed by atoms with Crippen molar-refractivity contribution in [2.45, 2.75) is 23.1 Å². The molecule has 0 radical (unpaired) electrons. The molecular weight excluding hydrogens is 294 g/mol. The molecule has 2 aromatic rings. The Morgan fingerprint density at radius 1 is 1.14 bits per heavy atom. The van der Waals surface area contributed by atoms with Gasteiger partial charge >= 0.3 is 0 Å². The van der Waals surface area contributed by atoms with E-state index in [2.05, 4.69) is 23.6 Å². The fraction of sp³-hybridized carbons (Fsp3) is 0.176. The summed E-state index contributed by atoms with van der Waals surface area (Å²) in [5.74, 6) is 0.985. The number of fused-ring (bicyclic) bond motifs is 2. The highest BCUT2D eigenvalue weighted by molar-refractivity contribution is 8.01. The zero-order chi connectivity index (χ0) is 14.9. The molecule has 2 aromatic carbocycles. The average Bonchev–Trinajstić information content (AvgIpc) is 2.54.